The molecule has 0 bridgehead atoms. The van der Waals surface area contributed by atoms with Crippen molar-refractivity contribution < 1.29 is 6.11 Å². The Morgan fingerprint density at radius 3 is 3.18 bits per heavy atom. The summed E-state index contributed by atoms with van der Waals surface area (Å²) < 4.78 is 12.9. The lowest BCUT2D eigenvalue weighted by atomic mass is 10.1. The van der Waals surface area contributed by atoms with Crippen LogP contribution in [0.3, 0.4) is 0 Å². The maximum absolute atomic E-state index is 7.66. The Hall–Kier alpha value is -1.16. The molecule has 2 atom stereocenters. The lowest BCUT2D eigenvalue weighted by Crippen LogP contribution is -2.07. The van der Waals surface area contributed by atoms with Crippen molar-refractivity contribution in [2.75, 3.05) is 0 Å². The standard InChI is InChI=1S/C10H12O/c1-2-3-4-7-10-8-5-6-9-11-10/h1,5-6,8-10H,3-4,7H2/i7D. The van der Waals surface area contributed by atoms with Crippen LogP contribution in [0.25, 0.3) is 0 Å². The van der Waals surface area contributed by atoms with E-state index in [1.54, 1.807) is 6.26 Å². The van der Waals surface area contributed by atoms with Gasteiger partial charge >= 0.3 is 0 Å². The fourth-order valence-electron chi connectivity index (χ4n) is 0.866. The predicted molar refractivity (Wildman–Crippen MR) is 45.8 cm³/mol. The van der Waals surface area contributed by atoms with E-state index in [1.165, 1.54) is 0 Å². The number of ether oxygens (including phenoxy) is 1. The van der Waals surface area contributed by atoms with Crippen LogP contribution < -0.4 is 0 Å². The summed E-state index contributed by atoms with van der Waals surface area (Å²) in [6.45, 7) is 0. The van der Waals surface area contributed by atoms with Gasteiger partial charge in [-0.2, -0.15) is 0 Å². The maximum atomic E-state index is 7.66. The highest BCUT2D eigenvalue weighted by molar-refractivity contribution is 5.07. The quantitative estimate of drug-likeness (QED) is 0.559. The van der Waals surface area contributed by atoms with Gasteiger partial charge in [0.05, 0.1) is 6.26 Å². The van der Waals surface area contributed by atoms with Gasteiger partial charge in [-0.05, 0) is 25.0 Å². The van der Waals surface area contributed by atoms with Crippen LogP contribution in [-0.2, 0) is 4.74 Å². The molecular weight excluding hydrogens is 136 g/mol. The van der Waals surface area contributed by atoms with Crippen molar-refractivity contribution in [3.63, 3.8) is 0 Å². The topological polar surface area (TPSA) is 9.23 Å². The molecular formula is C10H12O. The van der Waals surface area contributed by atoms with E-state index in [-0.39, 0.29) is 12.5 Å². The summed E-state index contributed by atoms with van der Waals surface area (Å²) in [4.78, 5) is 0. The van der Waals surface area contributed by atoms with Gasteiger partial charge in [0.2, 0.25) is 0 Å². The Labute approximate surface area is 69.2 Å². The Morgan fingerprint density at radius 2 is 2.55 bits per heavy atom. The smallest absolute Gasteiger partial charge is 0.116 e. The molecule has 1 heteroatoms. The van der Waals surface area contributed by atoms with Gasteiger partial charge in [-0.3, -0.25) is 0 Å². The molecule has 0 N–H and O–H groups in total. The highest BCUT2D eigenvalue weighted by Gasteiger charge is 2.03. The molecule has 58 valence electrons. The van der Waals surface area contributed by atoms with E-state index >= 15 is 0 Å². The molecule has 1 aliphatic rings. The zero-order valence-corrected chi connectivity index (χ0v) is 6.36. The highest BCUT2D eigenvalue weighted by Crippen LogP contribution is 2.09. The molecule has 11 heavy (non-hydrogen) atoms. The van der Waals surface area contributed by atoms with Gasteiger partial charge in [-0.1, -0.05) is 6.08 Å². The van der Waals surface area contributed by atoms with Crippen LogP contribution in [0.2, 0.25) is 0 Å². The molecule has 1 aliphatic heterocycles. The lowest BCUT2D eigenvalue weighted by Gasteiger charge is -2.13. The Bertz CT molecular complexity index is 224. The molecule has 1 heterocycles. The van der Waals surface area contributed by atoms with E-state index in [9.17, 15) is 0 Å². The first kappa shape index (κ1) is 6.54. The molecule has 0 aromatic rings. The monoisotopic (exact) mass is 149 g/mol. The summed E-state index contributed by atoms with van der Waals surface area (Å²) in [6.07, 6.45) is 13.3. The molecule has 2 unspecified atom stereocenters. The summed E-state index contributed by atoms with van der Waals surface area (Å²) >= 11 is 0. The summed E-state index contributed by atoms with van der Waals surface area (Å²) in [5, 5.41) is 0. The van der Waals surface area contributed by atoms with Crippen molar-refractivity contribution in [3.8, 4) is 12.3 Å². The van der Waals surface area contributed by atoms with Gasteiger partial charge in [0, 0.05) is 7.79 Å². The third-order valence-corrected chi connectivity index (χ3v) is 1.41. The van der Waals surface area contributed by atoms with Gasteiger partial charge in [0.15, 0.2) is 0 Å². The first-order chi connectivity index (χ1) is 5.84. The fourth-order valence-corrected chi connectivity index (χ4v) is 0.866. The predicted octanol–water partition coefficient (Wildman–Crippen LogP) is 2.26. The molecule has 0 fully saturated rings. The zero-order chi connectivity index (χ0) is 8.81. The van der Waals surface area contributed by atoms with Crippen molar-refractivity contribution >= 4 is 0 Å². The zero-order valence-electron chi connectivity index (χ0n) is 7.36. The Kier molecular flexibility index (Phi) is 2.75. The van der Waals surface area contributed by atoms with Crippen molar-refractivity contribution in [1.29, 1.82) is 0 Å². The molecule has 0 amide bonds. The fraction of sp³-hybridized carbons (Fsp3) is 0.400. The molecule has 1 rings (SSSR count). The van der Waals surface area contributed by atoms with Crippen LogP contribution in [0.15, 0.2) is 24.5 Å². The van der Waals surface area contributed by atoms with Gasteiger partial charge < -0.3 is 4.74 Å². The van der Waals surface area contributed by atoms with Crippen LogP contribution >= 0.6 is 0 Å². The van der Waals surface area contributed by atoms with Crippen LogP contribution in [-0.4, -0.2) is 6.10 Å². The van der Waals surface area contributed by atoms with E-state index < -0.39 is 0 Å². The summed E-state index contributed by atoms with van der Waals surface area (Å²) in [6, 6.07) is 0. The SMILES string of the molecule is [2H]C(CCC#C)C1C=CC=CO1. The second-order valence-corrected chi connectivity index (χ2v) is 2.29. The molecule has 0 aliphatic carbocycles. The number of terminal acetylenes is 1. The maximum Gasteiger partial charge on any atom is 0.116 e. The third-order valence-electron chi connectivity index (χ3n) is 1.41. The van der Waals surface area contributed by atoms with Crippen LogP contribution in [0.5, 0.6) is 0 Å². The number of rotatable bonds is 3. The third kappa shape index (κ3) is 2.95. The van der Waals surface area contributed by atoms with E-state index in [2.05, 4.69) is 5.92 Å². The van der Waals surface area contributed by atoms with Gasteiger partial charge in [-0.25, -0.2) is 0 Å². The van der Waals surface area contributed by atoms with Gasteiger partial charge in [0.1, 0.15) is 6.10 Å². The lowest BCUT2D eigenvalue weighted by molar-refractivity contribution is 0.172. The van der Waals surface area contributed by atoms with Crippen molar-refractivity contribution in [2.24, 2.45) is 0 Å². The number of hydrogen-bond acceptors (Lipinski definition) is 1. The average Bonchev–Trinajstić information content (AvgIpc) is 2.15. The largest absolute Gasteiger partial charge is 0.494 e. The minimum atomic E-state index is -0.248. The van der Waals surface area contributed by atoms with Gasteiger partial charge in [-0.15, -0.1) is 12.3 Å². The minimum Gasteiger partial charge on any atom is -0.494 e. The van der Waals surface area contributed by atoms with Crippen LogP contribution in [0, 0.1) is 12.3 Å². The van der Waals surface area contributed by atoms with Gasteiger partial charge in [0.25, 0.3) is 0 Å². The molecule has 0 aromatic carbocycles. The highest BCUT2D eigenvalue weighted by atomic mass is 16.5. The second-order valence-electron chi connectivity index (χ2n) is 2.29. The molecule has 0 saturated carbocycles. The number of hydrogen-bond donors (Lipinski definition) is 0. The van der Waals surface area contributed by atoms with Crippen molar-refractivity contribution in [3.05, 3.63) is 24.5 Å². The van der Waals surface area contributed by atoms with Crippen LogP contribution in [0.1, 0.15) is 20.6 Å². The summed E-state index contributed by atoms with van der Waals surface area (Å²) in [7, 11) is 0. The first-order valence-electron chi connectivity index (χ1n) is 4.27. The molecule has 0 radical (unpaired) electrons. The summed E-state index contributed by atoms with van der Waals surface area (Å²) in [5.74, 6) is 2.52. The van der Waals surface area contributed by atoms with E-state index in [1.807, 2.05) is 18.2 Å². The molecule has 0 saturated heterocycles. The summed E-state index contributed by atoms with van der Waals surface area (Å²) in [5.41, 5.74) is 0. The van der Waals surface area contributed by atoms with Crippen molar-refractivity contribution in [1.82, 2.24) is 0 Å². The molecule has 1 nitrogen and oxygen atoms in total. The second kappa shape index (κ2) is 4.62. The van der Waals surface area contributed by atoms with E-state index in [4.69, 9.17) is 12.5 Å². The first-order valence-corrected chi connectivity index (χ1v) is 3.69. The normalized spacial score (nSPS) is 25.0. The average molecular weight is 149 g/mol. The Balaban J connectivity index is 2.33. The Morgan fingerprint density at radius 1 is 1.64 bits per heavy atom. The van der Waals surface area contributed by atoms with Crippen molar-refractivity contribution in [2.45, 2.75) is 25.3 Å². The van der Waals surface area contributed by atoms with Crippen LogP contribution in [0.4, 0.5) is 0 Å². The number of allylic oxidation sites excluding steroid dienone is 2. The van der Waals surface area contributed by atoms with E-state index in [0.717, 1.165) is 0 Å². The molecule has 0 spiro atoms. The molecule has 0 aromatic heterocycles. The minimum absolute atomic E-state index is 0.122. The van der Waals surface area contributed by atoms with E-state index in [0.29, 0.717) is 12.8 Å².